The summed E-state index contributed by atoms with van der Waals surface area (Å²) < 4.78 is 63.2. The van der Waals surface area contributed by atoms with Crippen LogP contribution in [-0.4, -0.2) is 211 Å². The topological polar surface area (TPSA) is 248 Å². The normalized spacial score (nSPS) is 13.7. The van der Waals surface area contributed by atoms with Crippen molar-refractivity contribution in [3.05, 3.63) is 0 Å². The smallest absolute Gasteiger partial charge is 0.320 e. The Morgan fingerprint density at radius 3 is 0.681 bits per heavy atom. The largest absolute Gasteiger partial charge is 0.464 e. The molecule has 0 heterocycles. The fourth-order valence-electron chi connectivity index (χ4n) is 7.11. The van der Waals surface area contributed by atoms with Gasteiger partial charge in [-0.1, -0.05) is 20.8 Å². The SMILES string of the molecule is CC(C)(C)OC(=O)CN(CCN(CC(=O)OC(C)(C)C)CC(=O)OC(C)(C)C)CCN(CC(=O)OC(C)(C)C)CC(=O)C(C)(C)C.CC(C)(C)OCC(C)(COC(C)(C)C)C(=O)OCC(C)(COC(=O)C(C)(COC(C)(C)C)COC(C)(C)C)C(=O)OC(C)(C)C.[2HH].[2HH]. The number of esters is 7. The Hall–Kier alpha value is -4.32. The van der Waals surface area contributed by atoms with E-state index in [-0.39, 0.29) is 94.0 Å². The summed E-state index contributed by atoms with van der Waals surface area (Å²) in [7, 11) is 0. The number of ketones is 1. The maximum Gasteiger partial charge on any atom is 0.320 e. The molecule has 0 aliphatic heterocycles. The first-order valence-corrected chi connectivity index (χ1v) is 31.9. The Labute approximate surface area is 552 Å². The summed E-state index contributed by atoms with van der Waals surface area (Å²) in [5.41, 5.74) is -10.2. The van der Waals surface area contributed by atoms with Gasteiger partial charge in [-0.3, -0.25) is 53.1 Å². The van der Waals surface area contributed by atoms with Crippen LogP contribution in [0.3, 0.4) is 0 Å². The van der Waals surface area contributed by atoms with Gasteiger partial charge in [0, 0.05) is 34.4 Å². The second kappa shape index (κ2) is 34.9. The number of carbonyl (C=O) groups excluding carboxylic acids is 8. The fourth-order valence-corrected chi connectivity index (χ4v) is 7.11. The van der Waals surface area contributed by atoms with Gasteiger partial charge >= 0.3 is 41.8 Å². The van der Waals surface area contributed by atoms with Gasteiger partial charge in [0.2, 0.25) is 0 Å². The average molecular weight is 1310 g/mol. The molecule has 0 spiro atoms. The average Bonchev–Trinajstić information content (AvgIpc) is 0.823. The molecule has 0 unspecified atom stereocenters. The van der Waals surface area contributed by atoms with E-state index in [1.165, 1.54) is 0 Å². The van der Waals surface area contributed by atoms with Crippen molar-refractivity contribution in [2.45, 2.75) is 279 Å². The van der Waals surface area contributed by atoms with Crippen LogP contribution in [0.15, 0.2) is 0 Å². The van der Waals surface area contributed by atoms with Crippen LogP contribution in [0.25, 0.3) is 0 Å². The van der Waals surface area contributed by atoms with E-state index >= 15 is 0 Å². The van der Waals surface area contributed by atoms with Gasteiger partial charge in [0.15, 0.2) is 5.78 Å². The number of hydrogen-bond donors (Lipinski definition) is 0. The number of hydrogen-bond acceptors (Lipinski definition) is 22. The molecule has 0 saturated carbocycles. The van der Waals surface area contributed by atoms with Crippen molar-refractivity contribution in [3.63, 3.8) is 0 Å². The minimum absolute atomic E-state index is 0. The van der Waals surface area contributed by atoms with Gasteiger partial charge in [0.25, 0.3) is 0 Å². The quantitative estimate of drug-likeness (QED) is 0.0462. The molecule has 0 atom stereocenters. The first kappa shape index (κ1) is 88.7. The summed E-state index contributed by atoms with van der Waals surface area (Å²) in [5, 5.41) is 0. The molecule has 0 aromatic carbocycles. The molecule has 0 aromatic heterocycles. The third-order valence-electron chi connectivity index (χ3n) is 12.0. The molecule has 0 aromatic rings. The van der Waals surface area contributed by atoms with Crippen molar-refractivity contribution in [1.29, 1.82) is 0 Å². The Balaban J connectivity index is -0.000000834. The lowest BCUT2D eigenvalue weighted by Crippen LogP contribution is -2.48. The highest BCUT2D eigenvalue weighted by atomic mass is 16.6. The maximum absolute atomic E-state index is 13.6. The molecule has 91 heavy (non-hydrogen) atoms. The minimum Gasteiger partial charge on any atom is -0.464 e. The Kier molecular flexibility index (Phi) is 34.0. The van der Waals surface area contributed by atoms with E-state index in [0.29, 0.717) is 0 Å². The summed E-state index contributed by atoms with van der Waals surface area (Å²) in [4.78, 5) is 110. The maximum atomic E-state index is 13.6. The zero-order valence-electron chi connectivity index (χ0n) is 63.2. The van der Waals surface area contributed by atoms with E-state index in [0.717, 1.165) is 0 Å². The Morgan fingerprint density at radius 2 is 0.462 bits per heavy atom. The van der Waals surface area contributed by atoms with Crippen LogP contribution >= 0.6 is 0 Å². The lowest BCUT2D eigenvalue weighted by atomic mass is 9.89. The highest BCUT2D eigenvalue weighted by molar-refractivity contribution is 5.86. The summed E-state index contributed by atoms with van der Waals surface area (Å²) >= 11 is 0. The van der Waals surface area contributed by atoms with Crippen molar-refractivity contribution in [1.82, 2.24) is 14.7 Å². The van der Waals surface area contributed by atoms with Crippen LogP contribution in [0.4, 0.5) is 0 Å². The molecule has 0 aliphatic carbocycles. The Morgan fingerprint density at radius 1 is 0.253 bits per heavy atom. The van der Waals surface area contributed by atoms with Crippen molar-refractivity contribution in [3.8, 4) is 0 Å². The van der Waals surface area contributed by atoms with Gasteiger partial charge in [0.05, 0.1) is 81.6 Å². The first-order valence-electron chi connectivity index (χ1n) is 31.9. The van der Waals surface area contributed by atoms with Crippen LogP contribution < -0.4 is 0 Å². The molecule has 22 nitrogen and oxygen atoms in total. The van der Waals surface area contributed by atoms with Crippen molar-refractivity contribution in [2.24, 2.45) is 21.7 Å². The highest BCUT2D eigenvalue weighted by Gasteiger charge is 2.46. The lowest BCUT2D eigenvalue weighted by Gasteiger charge is -2.36. The third-order valence-corrected chi connectivity index (χ3v) is 12.0. The number of nitrogens with zero attached hydrogens (tertiary/aromatic N) is 3. The zero-order chi connectivity index (χ0) is 72.2. The summed E-state index contributed by atoms with van der Waals surface area (Å²) in [6.45, 7) is 59.4. The van der Waals surface area contributed by atoms with E-state index in [4.69, 9.17) is 52.1 Å². The van der Waals surface area contributed by atoms with E-state index < -0.39 is 127 Å². The summed E-state index contributed by atoms with van der Waals surface area (Å²) in [6, 6.07) is 0. The second-order valence-corrected chi connectivity index (χ2v) is 34.7. The van der Waals surface area contributed by atoms with E-state index in [1.54, 1.807) is 134 Å². The third kappa shape index (κ3) is 45.6. The molecule has 0 amide bonds. The van der Waals surface area contributed by atoms with Crippen molar-refractivity contribution >= 4 is 47.6 Å². The minimum atomic E-state index is -1.52. The zero-order valence-corrected chi connectivity index (χ0v) is 63.2. The van der Waals surface area contributed by atoms with Gasteiger partial charge in [0.1, 0.15) is 57.5 Å². The van der Waals surface area contributed by atoms with E-state index in [9.17, 15) is 38.4 Å². The van der Waals surface area contributed by atoms with Crippen LogP contribution in [-0.2, 0) is 90.5 Å². The lowest BCUT2D eigenvalue weighted by molar-refractivity contribution is -0.190. The molecular formula is C69H133N3O19. The molecule has 0 fully saturated rings. The number of ether oxygens (including phenoxy) is 11. The first-order chi connectivity index (χ1) is 40.2. The van der Waals surface area contributed by atoms with Gasteiger partial charge in [-0.2, -0.15) is 0 Å². The second-order valence-electron chi connectivity index (χ2n) is 34.7. The Bertz CT molecular complexity index is 2200. The highest BCUT2D eigenvalue weighted by Crippen LogP contribution is 2.32. The van der Waals surface area contributed by atoms with Crippen molar-refractivity contribution in [2.75, 3.05) is 98.5 Å². The van der Waals surface area contributed by atoms with Crippen LogP contribution in [0, 0.1) is 21.7 Å². The van der Waals surface area contributed by atoms with Gasteiger partial charge in [-0.15, -0.1) is 0 Å². The fraction of sp³-hybridized carbons (Fsp3) is 0.884. The molecule has 0 saturated heterocycles. The molecule has 22 heteroatoms. The van der Waals surface area contributed by atoms with Crippen molar-refractivity contribution < 1.29 is 93.3 Å². The molecule has 0 N–H and O–H groups in total. The van der Waals surface area contributed by atoms with E-state index in [1.807, 2.05) is 109 Å². The summed E-state index contributed by atoms with van der Waals surface area (Å²) in [5.74, 6) is -3.86. The molecule has 0 radical (unpaired) electrons. The number of carbonyl (C=O) groups is 8. The monoisotopic (exact) mass is 1310 g/mol. The van der Waals surface area contributed by atoms with Crippen LogP contribution in [0.5, 0.6) is 0 Å². The molecular weight excluding hydrogens is 1170 g/mol. The van der Waals surface area contributed by atoms with Crippen LogP contribution in [0.2, 0.25) is 0 Å². The molecule has 0 rings (SSSR count). The predicted octanol–water partition coefficient (Wildman–Crippen LogP) is 11.1. The van der Waals surface area contributed by atoms with Gasteiger partial charge in [-0.25, -0.2) is 0 Å². The standard InChI is InChI=1S/C35H66O10.C34H63N3O9.2H2/c1-28(2,3)41-21-34(17,22-42-29(4,5)6)25(36)39-19-33(16,27(38)45-32(13,14)15)20-40-26(37)35(18,23-43-30(7,8)9)24-44-31(10,11)12;1-30(2,3)25(38)20-36(22-27(40)44-32(7,8)9)18-16-35(21-26(39)43-31(4,5)6)17-19-37(23-28(41)45-33(10,11)12)24-29(42)46-34(13,14)15;;/h19-24H2,1-18H3;16-24H2,1-15H3;2*1H/i;;2*1+1. The van der Waals surface area contributed by atoms with E-state index in [2.05, 4.69) is 0 Å². The number of rotatable bonds is 31. The van der Waals surface area contributed by atoms with Crippen LogP contribution in [0.1, 0.15) is 231 Å². The van der Waals surface area contributed by atoms with Gasteiger partial charge in [-0.05, 0) is 208 Å². The molecule has 0 bridgehead atoms. The summed E-state index contributed by atoms with van der Waals surface area (Å²) in [6.07, 6.45) is 0. The molecule has 538 valence electrons. The number of Topliss-reactive ketones (excluding diaryl/α,β-unsaturated/α-hetero) is 1. The molecule has 0 aliphatic rings. The van der Waals surface area contributed by atoms with Gasteiger partial charge < -0.3 is 52.1 Å². The predicted molar refractivity (Wildman–Crippen MR) is 356 cm³/mol.